The number of fused-ring (bicyclic) bond motifs is 2. The first-order valence-electron chi connectivity index (χ1n) is 12.3. The van der Waals surface area contributed by atoms with E-state index in [9.17, 15) is 22.4 Å². The molecule has 0 saturated heterocycles. The first kappa shape index (κ1) is 27.3. The van der Waals surface area contributed by atoms with E-state index in [0.717, 1.165) is 16.3 Å². The van der Waals surface area contributed by atoms with Gasteiger partial charge >= 0.3 is 0 Å². The predicted octanol–water partition coefficient (Wildman–Crippen LogP) is 5.25. The van der Waals surface area contributed by atoms with Gasteiger partial charge in [-0.15, -0.1) is 0 Å². The molecule has 9 nitrogen and oxygen atoms in total. The Morgan fingerprint density at radius 1 is 1.07 bits per heavy atom. The molecule has 3 aromatic carbocycles. The molecule has 12 heteroatoms. The monoisotopic (exact) mass is 578 g/mol. The number of rotatable bonds is 8. The number of benzene rings is 3. The summed E-state index contributed by atoms with van der Waals surface area (Å²) < 4.78 is 46.9. The summed E-state index contributed by atoms with van der Waals surface area (Å²) >= 11 is 1.04. The summed E-state index contributed by atoms with van der Waals surface area (Å²) in [6.07, 6.45) is 2.44. The highest BCUT2D eigenvalue weighted by atomic mass is 32.2. The van der Waals surface area contributed by atoms with Crippen LogP contribution in [0.4, 0.5) is 9.52 Å². The van der Waals surface area contributed by atoms with Crippen molar-refractivity contribution in [1.82, 2.24) is 9.29 Å². The third-order valence-corrected chi connectivity index (χ3v) is 9.23. The van der Waals surface area contributed by atoms with Crippen molar-refractivity contribution in [2.24, 2.45) is 5.10 Å². The number of hydrazone groups is 1. The molecule has 0 spiro atoms. The van der Waals surface area contributed by atoms with Crippen LogP contribution < -0.4 is 10.4 Å². The Morgan fingerprint density at radius 2 is 1.80 bits per heavy atom. The first-order valence-corrected chi connectivity index (χ1v) is 14.5. The minimum absolute atomic E-state index is 0.0482. The van der Waals surface area contributed by atoms with Gasteiger partial charge in [0, 0.05) is 18.7 Å². The highest BCUT2D eigenvalue weighted by Gasteiger charge is 2.25. The van der Waals surface area contributed by atoms with Crippen molar-refractivity contribution in [2.75, 3.05) is 18.1 Å². The average Bonchev–Trinajstić information content (AvgIpc) is 3.37. The van der Waals surface area contributed by atoms with E-state index in [2.05, 4.69) is 10.1 Å². The Labute approximate surface area is 232 Å². The summed E-state index contributed by atoms with van der Waals surface area (Å²) in [5, 5.41) is 5.75. The molecule has 0 aliphatic heterocycles. The van der Waals surface area contributed by atoms with E-state index >= 15 is 0 Å². The quantitative estimate of drug-likeness (QED) is 0.184. The zero-order chi connectivity index (χ0) is 28.4. The molecule has 204 valence electrons. The van der Waals surface area contributed by atoms with Crippen molar-refractivity contribution >= 4 is 59.8 Å². The second-order valence-electron chi connectivity index (χ2n) is 8.60. The molecule has 2 heterocycles. The van der Waals surface area contributed by atoms with Gasteiger partial charge in [-0.1, -0.05) is 37.3 Å². The van der Waals surface area contributed by atoms with E-state index in [1.165, 1.54) is 59.2 Å². The van der Waals surface area contributed by atoms with Crippen LogP contribution in [-0.2, 0) is 10.0 Å². The van der Waals surface area contributed by atoms with E-state index in [-0.39, 0.29) is 26.6 Å². The van der Waals surface area contributed by atoms with Crippen LogP contribution in [0.25, 0.3) is 21.2 Å². The molecule has 0 aliphatic carbocycles. The second-order valence-corrected chi connectivity index (χ2v) is 11.5. The number of amides is 1. The summed E-state index contributed by atoms with van der Waals surface area (Å²) in [4.78, 5) is 31.1. The van der Waals surface area contributed by atoms with Gasteiger partial charge in [-0.25, -0.2) is 17.8 Å². The minimum atomic E-state index is -3.72. The molecule has 0 N–H and O–H groups in total. The van der Waals surface area contributed by atoms with Crippen LogP contribution in [-0.4, -0.2) is 42.9 Å². The number of para-hydroxylation sites is 1. The Morgan fingerprint density at radius 3 is 2.52 bits per heavy atom. The van der Waals surface area contributed by atoms with Crippen molar-refractivity contribution in [3.05, 3.63) is 100 Å². The van der Waals surface area contributed by atoms with E-state index < -0.39 is 21.7 Å². The summed E-state index contributed by atoms with van der Waals surface area (Å²) in [6, 6.07) is 16.3. The Hall–Kier alpha value is -4.26. The lowest BCUT2D eigenvalue weighted by Crippen LogP contribution is -2.30. The van der Waals surface area contributed by atoms with E-state index in [1.807, 2.05) is 0 Å². The van der Waals surface area contributed by atoms with Gasteiger partial charge in [0.1, 0.15) is 17.7 Å². The number of carbonyl (C=O) groups excluding carboxylic acids is 1. The molecule has 2 aromatic heterocycles. The Bertz CT molecular complexity index is 1910. The lowest BCUT2D eigenvalue weighted by Gasteiger charge is -2.19. The number of aromatic nitrogens is 1. The molecule has 40 heavy (non-hydrogen) atoms. The summed E-state index contributed by atoms with van der Waals surface area (Å²) in [6.45, 7) is 4.11. The highest BCUT2D eigenvalue weighted by molar-refractivity contribution is 7.89. The molecular formula is C28H23FN4O5S2. The van der Waals surface area contributed by atoms with Crippen LogP contribution in [0.15, 0.2) is 92.2 Å². The van der Waals surface area contributed by atoms with Crippen molar-refractivity contribution in [3.8, 4) is 0 Å². The maximum Gasteiger partial charge on any atom is 0.280 e. The van der Waals surface area contributed by atoms with Crippen LogP contribution in [0.5, 0.6) is 0 Å². The molecule has 0 unspecified atom stereocenters. The van der Waals surface area contributed by atoms with Gasteiger partial charge in [-0.3, -0.25) is 9.59 Å². The SMILES string of the molecule is CCN(CC)S(=O)(=O)c1ccc(C(=O)N(/N=C/c2coc3ccccc3c2=O)c2nc3ccc(F)cc3s2)cc1. The van der Waals surface area contributed by atoms with Crippen molar-refractivity contribution in [3.63, 3.8) is 0 Å². The summed E-state index contributed by atoms with van der Waals surface area (Å²) in [7, 11) is -3.72. The molecular weight excluding hydrogens is 555 g/mol. The number of hydrogen-bond donors (Lipinski definition) is 0. The number of hydrogen-bond acceptors (Lipinski definition) is 8. The van der Waals surface area contributed by atoms with Gasteiger partial charge in [-0.2, -0.15) is 14.4 Å². The third-order valence-electron chi connectivity index (χ3n) is 6.18. The lowest BCUT2D eigenvalue weighted by molar-refractivity contribution is 0.0987. The maximum atomic E-state index is 13.8. The van der Waals surface area contributed by atoms with Gasteiger partial charge in [-0.05, 0) is 54.6 Å². The normalized spacial score (nSPS) is 12.1. The maximum absolute atomic E-state index is 13.8. The molecule has 1 amide bonds. The topological polar surface area (TPSA) is 113 Å². The minimum Gasteiger partial charge on any atom is -0.463 e. The molecule has 0 aliphatic rings. The third kappa shape index (κ3) is 5.16. The van der Waals surface area contributed by atoms with Gasteiger partial charge in [0.2, 0.25) is 20.6 Å². The van der Waals surface area contributed by atoms with Crippen molar-refractivity contribution < 1.29 is 22.0 Å². The number of nitrogens with zero attached hydrogens (tertiary/aromatic N) is 4. The van der Waals surface area contributed by atoms with E-state index in [0.29, 0.717) is 34.3 Å². The van der Waals surface area contributed by atoms with Crippen molar-refractivity contribution in [2.45, 2.75) is 18.7 Å². The molecule has 0 radical (unpaired) electrons. The lowest BCUT2D eigenvalue weighted by atomic mass is 10.2. The molecule has 0 atom stereocenters. The predicted molar refractivity (Wildman–Crippen MR) is 153 cm³/mol. The smallest absolute Gasteiger partial charge is 0.280 e. The van der Waals surface area contributed by atoms with Crippen LogP contribution in [0, 0.1) is 5.82 Å². The first-order chi connectivity index (χ1) is 19.2. The van der Waals surface area contributed by atoms with Crippen LogP contribution in [0.2, 0.25) is 0 Å². The van der Waals surface area contributed by atoms with Gasteiger partial charge < -0.3 is 4.42 Å². The zero-order valence-corrected chi connectivity index (χ0v) is 23.1. The van der Waals surface area contributed by atoms with Crippen LogP contribution in [0.1, 0.15) is 29.8 Å². The Balaban J connectivity index is 1.55. The van der Waals surface area contributed by atoms with E-state index in [4.69, 9.17) is 4.42 Å². The summed E-state index contributed by atoms with van der Waals surface area (Å²) in [5.74, 6) is -1.09. The fourth-order valence-electron chi connectivity index (χ4n) is 4.07. The summed E-state index contributed by atoms with van der Waals surface area (Å²) in [5.41, 5.74) is 0.761. The van der Waals surface area contributed by atoms with Gasteiger partial charge in [0.15, 0.2) is 0 Å². The molecule has 5 rings (SSSR count). The number of carbonyl (C=O) groups is 1. The number of sulfonamides is 1. The standard InChI is InChI=1S/C28H23FN4O5S2/c1-3-32(4-2)40(36,37)21-12-9-18(10-13-21)27(35)33(28-31-23-14-11-20(29)15-25(23)39-28)30-16-19-17-38-24-8-6-5-7-22(24)26(19)34/h5-17H,3-4H2,1-2H3/b30-16+. The van der Waals surface area contributed by atoms with Crippen molar-refractivity contribution in [1.29, 1.82) is 0 Å². The van der Waals surface area contributed by atoms with Gasteiger partial charge in [0.05, 0.1) is 32.3 Å². The average molecular weight is 579 g/mol. The zero-order valence-electron chi connectivity index (χ0n) is 21.4. The molecule has 0 bridgehead atoms. The Kier molecular flexibility index (Phi) is 7.57. The molecule has 0 fully saturated rings. The number of halogens is 1. The molecule has 5 aromatic rings. The molecule has 0 saturated carbocycles. The fourth-order valence-corrected chi connectivity index (χ4v) is 6.48. The van der Waals surface area contributed by atoms with Crippen LogP contribution >= 0.6 is 11.3 Å². The van der Waals surface area contributed by atoms with Gasteiger partial charge in [0.25, 0.3) is 5.91 Å². The van der Waals surface area contributed by atoms with E-state index in [1.54, 1.807) is 38.1 Å². The van der Waals surface area contributed by atoms with Crippen LogP contribution in [0.3, 0.4) is 0 Å². The second kappa shape index (κ2) is 11.1. The largest absolute Gasteiger partial charge is 0.463 e. The number of anilines is 1. The fraction of sp³-hybridized carbons (Fsp3) is 0.143. The number of thiazole rings is 1. The highest BCUT2D eigenvalue weighted by Crippen LogP contribution is 2.31.